The summed E-state index contributed by atoms with van der Waals surface area (Å²) in [5.74, 6) is 1.03. The summed E-state index contributed by atoms with van der Waals surface area (Å²) in [6.07, 6.45) is 3.50. The van der Waals surface area contributed by atoms with E-state index >= 15 is 0 Å². The molecule has 1 aromatic rings. The monoisotopic (exact) mass is 295 g/mol. The number of aromatic nitrogens is 2. The summed E-state index contributed by atoms with van der Waals surface area (Å²) in [6, 6.07) is 0. The Labute approximate surface area is 123 Å². The number of anilines is 1. The minimum absolute atomic E-state index is 0.130. The summed E-state index contributed by atoms with van der Waals surface area (Å²) < 4.78 is 4.33. The van der Waals surface area contributed by atoms with Gasteiger partial charge in [0, 0.05) is 44.1 Å². The van der Waals surface area contributed by atoms with Crippen LogP contribution in [0.1, 0.15) is 32.0 Å². The minimum atomic E-state index is -0.548. The van der Waals surface area contributed by atoms with Crippen LogP contribution in [0.25, 0.3) is 0 Å². The molecule has 7 heteroatoms. The molecule has 0 radical (unpaired) electrons. The van der Waals surface area contributed by atoms with Crippen LogP contribution in [0.15, 0.2) is 0 Å². The second kappa shape index (κ2) is 5.29. The zero-order valence-corrected chi connectivity index (χ0v) is 12.7. The van der Waals surface area contributed by atoms with Crippen molar-refractivity contribution in [3.05, 3.63) is 5.82 Å². The van der Waals surface area contributed by atoms with Crippen LogP contribution in [-0.2, 0) is 11.2 Å². The third kappa shape index (κ3) is 2.64. The van der Waals surface area contributed by atoms with Gasteiger partial charge in [0.05, 0.1) is 5.54 Å². The summed E-state index contributed by atoms with van der Waals surface area (Å²) >= 11 is 1.45. The van der Waals surface area contributed by atoms with Gasteiger partial charge in [-0.15, -0.1) is 0 Å². The van der Waals surface area contributed by atoms with Crippen LogP contribution in [0, 0.1) is 0 Å². The van der Waals surface area contributed by atoms with Gasteiger partial charge < -0.3 is 15.5 Å². The molecule has 1 aliphatic carbocycles. The molecule has 3 rings (SSSR count). The highest BCUT2D eigenvalue weighted by molar-refractivity contribution is 7.09. The second-order valence-corrected chi connectivity index (χ2v) is 6.37. The maximum atomic E-state index is 12.3. The van der Waals surface area contributed by atoms with Crippen molar-refractivity contribution in [3.8, 4) is 0 Å². The lowest BCUT2D eigenvalue weighted by molar-refractivity contribution is -0.133. The van der Waals surface area contributed by atoms with Gasteiger partial charge in [-0.05, 0) is 19.3 Å². The van der Waals surface area contributed by atoms with Gasteiger partial charge in [-0.3, -0.25) is 4.79 Å². The van der Waals surface area contributed by atoms with Crippen molar-refractivity contribution in [1.82, 2.24) is 14.3 Å². The average Bonchev–Trinajstić information content (AvgIpc) is 3.11. The number of nitrogens with two attached hydrogens (primary N) is 1. The predicted molar refractivity (Wildman–Crippen MR) is 78.8 cm³/mol. The van der Waals surface area contributed by atoms with Crippen molar-refractivity contribution >= 4 is 22.6 Å². The van der Waals surface area contributed by atoms with E-state index in [2.05, 4.69) is 21.2 Å². The molecule has 1 aromatic heterocycles. The molecule has 6 nitrogen and oxygen atoms in total. The van der Waals surface area contributed by atoms with Crippen LogP contribution in [0.2, 0.25) is 0 Å². The summed E-state index contributed by atoms with van der Waals surface area (Å²) in [4.78, 5) is 21.0. The fraction of sp³-hybridized carbons (Fsp3) is 0.769. The fourth-order valence-electron chi connectivity index (χ4n) is 2.49. The second-order valence-electron chi connectivity index (χ2n) is 5.64. The number of hydrogen-bond acceptors (Lipinski definition) is 6. The number of hydrogen-bond donors (Lipinski definition) is 1. The molecule has 1 saturated heterocycles. The summed E-state index contributed by atoms with van der Waals surface area (Å²) in [7, 11) is 0. The largest absolute Gasteiger partial charge is 0.345 e. The lowest BCUT2D eigenvalue weighted by Crippen LogP contribution is -2.47. The molecular formula is C13H21N5OS. The Balaban J connectivity index is 1.63. The lowest BCUT2D eigenvalue weighted by atomic mass is 10.2. The van der Waals surface area contributed by atoms with Gasteiger partial charge in [0.2, 0.25) is 11.0 Å². The first-order valence-electron chi connectivity index (χ1n) is 7.28. The van der Waals surface area contributed by atoms with Gasteiger partial charge in [-0.25, -0.2) is 4.98 Å². The molecule has 0 aromatic carbocycles. The topological polar surface area (TPSA) is 75.4 Å². The Kier molecular flexibility index (Phi) is 3.64. The molecule has 0 spiro atoms. The molecule has 2 aliphatic rings. The molecule has 1 saturated carbocycles. The van der Waals surface area contributed by atoms with E-state index in [4.69, 9.17) is 5.73 Å². The van der Waals surface area contributed by atoms with Crippen LogP contribution >= 0.6 is 11.5 Å². The molecule has 2 fully saturated rings. The van der Waals surface area contributed by atoms with Crippen LogP contribution < -0.4 is 10.6 Å². The van der Waals surface area contributed by atoms with E-state index in [1.807, 2.05) is 4.90 Å². The van der Waals surface area contributed by atoms with E-state index in [1.54, 1.807) is 0 Å². The first-order valence-corrected chi connectivity index (χ1v) is 8.05. The number of carbonyl (C=O) groups is 1. The van der Waals surface area contributed by atoms with Gasteiger partial charge in [0.25, 0.3) is 0 Å². The van der Waals surface area contributed by atoms with E-state index in [9.17, 15) is 4.79 Å². The molecule has 0 atom stereocenters. The number of carbonyl (C=O) groups excluding carboxylic acids is 1. The molecule has 20 heavy (non-hydrogen) atoms. The van der Waals surface area contributed by atoms with Crippen molar-refractivity contribution in [2.24, 2.45) is 5.73 Å². The number of amides is 1. The van der Waals surface area contributed by atoms with E-state index in [0.717, 1.165) is 62.8 Å². The van der Waals surface area contributed by atoms with Crippen LogP contribution in [0.5, 0.6) is 0 Å². The highest BCUT2D eigenvalue weighted by atomic mass is 32.1. The molecule has 1 aliphatic heterocycles. The zero-order chi connectivity index (χ0) is 14.2. The predicted octanol–water partition coefficient (Wildman–Crippen LogP) is 0.631. The van der Waals surface area contributed by atoms with Crippen LogP contribution in [0.4, 0.5) is 5.13 Å². The van der Waals surface area contributed by atoms with E-state index < -0.39 is 5.54 Å². The molecule has 2 heterocycles. The molecule has 0 unspecified atom stereocenters. The Morgan fingerprint density at radius 3 is 2.80 bits per heavy atom. The standard InChI is InChI=1S/C13H21N5OS/c1-2-10-15-12(20-16-10)18-7-3-6-17(8-9-18)11(19)13(14)4-5-13/h2-9,14H2,1H3. The normalized spacial score (nSPS) is 21.7. The number of rotatable bonds is 3. The number of nitrogens with zero attached hydrogens (tertiary/aromatic N) is 4. The lowest BCUT2D eigenvalue weighted by Gasteiger charge is -2.24. The summed E-state index contributed by atoms with van der Waals surface area (Å²) in [5, 5.41) is 0.977. The first kappa shape index (κ1) is 13.8. The molecule has 0 bridgehead atoms. The Morgan fingerprint density at radius 2 is 2.15 bits per heavy atom. The molecule has 110 valence electrons. The zero-order valence-electron chi connectivity index (χ0n) is 11.8. The van der Waals surface area contributed by atoms with Crippen LogP contribution in [0.3, 0.4) is 0 Å². The van der Waals surface area contributed by atoms with Gasteiger partial charge in [0.15, 0.2) is 0 Å². The van der Waals surface area contributed by atoms with Crippen molar-refractivity contribution in [2.45, 2.75) is 38.1 Å². The maximum Gasteiger partial charge on any atom is 0.242 e. The molecule has 1 amide bonds. The van der Waals surface area contributed by atoms with Gasteiger partial charge in [-0.1, -0.05) is 6.92 Å². The van der Waals surface area contributed by atoms with Crippen LogP contribution in [-0.4, -0.2) is 51.9 Å². The number of aryl methyl sites for hydroxylation is 1. The first-order chi connectivity index (χ1) is 9.62. The quantitative estimate of drug-likeness (QED) is 0.885. The summed E-state index contributed by atoms with van der Waals surface area (Å²) in [6.45, 7) is 5.34. The van der Waals surface area contributed by atoms with E-state index in [-0.39, 0.29) is 5.91 Å². The third-order valence-corrected chi connectivity index (χ3v) is 4.86. The third-order valence-electron chi connectivity index (χ3n) is 4.04. The Hall–Kier alpha value is -1.21. The smallest absolute Gasteiger partial charge is 0.242 e. The van der Waals surface area contributed by atoms with Crippen molar-refractivity contribution < 1.29 is 4.79 Å². The average molecular weight is 295 g/mol. The highest BCUT2D eigenvalue weighted by Crippen LogP contribution is 2.34. The SMILES string of the molecule is CCc1nsc(N2CCCN(C(=O)C3(N)CC3)CC2)n1. The van der Waals surface area contributed by atoms with Gasteiger partial charge in [0.1, 0.15) is 5.82 Å². The maximum absolute atomic E-state index is 12.3. The van der Waals surface area contributed by atoms with E-state index in [0.29, 0.717) is 0 Å². The van der Waals surface area contributed by atoms with Crippen molar-refractivity contribution in [1.29, 1.82) is 0 Å². The Bertz CT molecular complexity index is 499. The minimum Gasteiger partial charge on any atom is -0.345 e. The van der Waals surface area contributed by atoms with Gasteiger partial charge in [-0.2, -0.15) is 4.37 Å². The van der Waals surface area contributed by atoms with Gasteiger partial charge >= 0.3 is 0 Å². The van der Waals surface area contributed by atoms with E-state index in [1.165, 1.54) is 11.5 Å². The summed E-state index contributed by atoms with van der Waals surface area (Å²) in [5.41, 5.74) is 5.47. The fourth-order valence-corrected chi connectivity index (χ4v) is 3.29. The molecule has 2 N–H and O–H groups in total. The van der Waals surface area contributed by atoms with Crippen molar-refractivity contribution in [3.63, 3.8) is 0 Å². The highest BCUT2D eigenvalue weighted by Gasteiger charge is 2.48. The Morgan fingerprint density at radius 1 is 1.35 bits per heavy atom. The molecular weight excluding hydrogens is 274 g/mol. The van der Waals surface area contributed by atoms with Crippen molar-refractivity contribution in [2.75, 3.05) is 31.1 Å².